The number of sulfonamides is 1. The highest BCUT2D eigenvalue weighted by atomic mass is 32.2. The predicted molar refractivity (Wildman–Crippen MR) is 101 cm³/mol. The highest BCUT2D eigenvalue weighted by Gasteiger charge is 2.33. The van der Waals surface area contributed by atoms with Crippen LogP contribution in [0.15, 0.2) is 29.2 Å². The second-order valence-electron chi connectivity index (χ2n) is 7.62. The second kappa shape index (κ2) is 7.66. The van der Waals surface area contributed by atoms with E-state index >= 15 is 0 Å². The van der Waals surface area contributed by atoms with E-state index in [1.54, 1.807) is 12.1 Å². The first-order valence-corrected chi connectivity index (χ1v) is 10.9. The van der Waals surface area contributed by atoms with Crippen LogP contribution in [0.1, 0.15) is 45.1 Å². The van der Waals surface area contributed by atoms with Crippen molar-refractivity contribution in [1.29, 1.82) is 0 Å². The zero-order valence-corrected chi connectivity index (χ0v) is 16.6. The molecule has 1 saturated carbocycles. The maximum absolute atomic E-state index is 12.9. The van der Waals surface area contributed by atoms with E-state index in [0.717, 1.165) is 18.4 Å². The van der Waals surface area contributed by atoms with E-state index in [1.165, 1.54) is 4.31 Å². The van der Waals surface area contributed by atoms with E-state index in [4.69, 9.17) is 0 Å². The minimum Gasteiger partial charge on any atom is -0.352 e. The third kappa shape index (κ3) is 4.27. The molecule has 1 unspecified atom stereocenters. The van der Waals surface area contributed by atoms with Gasteiger partial charge in [-0.25, -0.2) is 8.42 Å². The van der Waals surface area contributed by atoms with Crippen LogP contribution in [0.3, 0.4) is 0 Å². The van der Waals surface area contributed by atoms with Crippen molar-refractivity contribution in [1.82, 2.24) is 14.5 Å². The number of rotatable bonds is 6. The highest BCUT2D eigenvalue weighted by Crippen LogP contribution is 2.22. The largest absolute Gasteiger partial charge is 0.352 e. The third-order valence-electron chi connectivity index (χ3n) is 5.31. The molecule has 1 saturated heterocycles. The molecule has 0 aromatic heterocycles. The summed E-state index contributed by atoms with van der Waals surface area (Å²) in [7, 11) is -3.48. The first-order valence-electron chi connectivity index (χ1n) is 9.43. The Bertz CT molecular complexity index is 734. The summed E-state index contributed by atoms with van der Waals surface area (Å²) in [4.78, 5) is 14.6. The SMILES string of the molecule is CC(C)c1ccc(S(=O)(=O)N2CCN(C(C)C(=O)NC3CC3)CC2)cc1. The van der Waals surface area contributed by atoms with Crippen molar-refractivity contribution < 1.29 is 13.2 Å². The van der Waals surface area contributed by atoms with Gasteiger partial charge in [0, 0.05) is 32.2 Å². The Labute approximate surface area is 156 Å². The number of carbonyl (C=O) groups excluding carboxylic acids is 1. The van der Waals surface area contributed by atoms with Crippen molar-refractivity contribution in [3.8, 4) is 0 Å². The first kappa shape index (κ1) is 19.3. The van der Waals surface area contributed by atoms with Gasteiger partial charge in [0.25, 0.3) is 0 Å². The van der Waals surface area contributed by atoms with Gasteiger partial charge in [0.15, 0.2) is 0 Å². The monoisotopic (exact) mass is 379 g/mol. The molecule has 1 heterocycles. The molecule has 0 spiro atoms. The smallest absolute Gasteiger partial charge is 0.243 e. The quantitative estimate of drug-likeness (QED) is 0.818. The van der Waals surface area contributed by atoms with Crippen molar-refractivity contribution in [2.24, 2.45) is 0 Å². The molecule has 26 heavy (non-hydrogen) atoms. The zero-order valence-electron chi connectivity index (χ0n) is 15.8. The summed E-state index contributed by atoms with van der Waals surface area (Å²) in [5.74, 6) is 0.423. The van der Waals surface area contributed by atoms with Gasteiger partial charge >= 0.3 is 0 Å². The molecule has 1 aliphatic carbocycles. The molecule has 1 N–H and O–H groups in total. The van der Waals surface area contributed by atoms with Crippen LogP contribution in [0.25, 0.3) is 0 Å². The molecule has 3 rings (SSSR count). The van der Waals surface area contributed by atoms with Crippen molar-refractivity contribution >= 4 is 15.9 Å². The standard InChI is InChI=1S/C19H29N3O3S/c1-14(2)16-4-8-18(9-5-16)26(24,25)22-12-10-21(11-13-22)15(3)19(23)20-17-6-7-17/h4-5,8-9,14-15,17H,6-7,10-13H2,1-3H3,(H,20,23). The number of hydrogen-bond donors (Lipinski definition) is 1. The lowest BCUT2D eigenvalue weighted by molar-refractivity contribution is -0.126. The van der Waals surface area contributed by atoms with E-state index in [-0.39, 0.29) is 11.9 Å². The summed E-state index contributed by atoms with van der Waals surface area (Å²) in [6.07, 6.45) is 2.14. The van der Waals surface area contributed by atoms with Crippen LogP contribution < -0.4 is 5.32 Å². The Balaban J connectivity index is 1.60. The fourth-order valence-corrected chi connectivity index (χ4v) is 4.64. The van der Waals surface area contributed by atoms with Gasteiger partial charge in [-0.1, -0.05) is 26.0 Å². The minimum atomic E-state index is -3.48. The first-order chi connectivity index (χ1) is 12.3. The zero-order chi connectivity index (χ0) is 18.9. The predicted octanol–water partition coefficient (Wildman–Crippen LogP) is 1.78. The Morgan fingerprint density at radius 1 is 1.04 bits per heavy atom. The summed E-state index contributed by atoms with van der Waals surface area (Å²) in [5, 5.41) is 3.02. The topological polar surface area (TPSA) is 69.7 Å². The fraction of sp³-hybridized carbons (Fsp3) is 0.632. The van der Waals surface area contributed by atoms with E-state index in [0.29, 0.717) is 43.0 Å². The molecule has 1 atom stereocenters. The average Bonchev–Trinajstić information content (AvgIpc) is 3.45. The van der Waals surface area contributed by atoms with Gasteiger partial charge in [-0.15, -0.1) is 0 Å². The third-order valence-corrected chi connectivity index (χ3v) is 7.22. The maximum Gasteiger partial charge on any atom is 0.243 e. The lowest BCUT2D eigenvalue weighted by Crippen LogP contribution is -2.55. The lowest BCUT2D eigenvalue weighted by Gasteiger charge is -2.36. The molecule has 1 aromatic carbocycles. The van der Waals surface area contributed by atoms with Crippen LogP contribution in [0.2, 0.25) is 0 Å². The van der Waals surface area contributed by atoms with Gasteiger partial charge < -0.3 is 5.32 Å². The summed E-state index contributed by atoms with van der Waals surface area (Å²) in [6, 6.07) is 7.30. The van der Waals surface area contributed by atoms with E-state index in [2.05, 4.69) is 24.1 Å². The molecule has 2 fully saturated rings. The highest BCUT2D eigenvalue weighted by molar-refractivity contribution is 7.89. The Kier molecular flexibility index (Phi) is 5.69. The molecule has 2 aliphatic rings. The summed E-state index contributed by atoms with van der Waals surface area (Å²) in [6.45, 7) is 8.04. The molecule has 6 nitrogen and oxygen atoms in total. The number of nitrogens with one attached hydrogen (secondary N) is 1. The number of hydrogen-bond acceptors (Lipinski definition) is 4. The van der Waals surface area contributed by atoms with Crippen LogP contribution in [-0.2, 0) is 14.8 Å². The molecule has 7 heteroatoms. The van der Waals surface area contributed by atoms with Gasteiger partial charge in [0.05, 0.1) is 10.9 Å². The van der Waals surface area contributed by atoms with E-state index in [1.807, 2.05) is 19.1 Å². The van der Waals surface area contributed by atoms with E-state index in [9.17, 15) is 13.2 Å². The van der Waals surface area contributed by atoms with Gasteiger partial charge in [0.2, 0.25) is 15.9 Å². The van der Waals surface area contributed by atoms with Crippen molar-refractivity contribution in [3.63, 3.8) is 0 Å². The Morgan fingerprint density at radius 2 is 1.62 bits per heavy atom. The molecule has 0 bridgehead atoms. The Hall–Kier alpha value is -1.44. The van der Waals surface area contributed by atoms with Crippen LogP contribution >= 0.6 is 0 Å². The number of piperazine rings is 1. The maximum atomic E-state index is 12.9. The molecule has 0 radical (unpaired) electrons. The molecule has 1 aromatic rings. The normalized spacial score (nSPS) is 20.9. The average molecular weight is 380 g/mol. The van der Waals surface area contributed by atoms with Gasteiger partial charge in [-0.3, -0.25) is 9.69 Å². The molecule has 1 aliphatic heterocycles. The number of nitrogens with zero attached hydrogens (tertiary/aromatic N) is 2. The summed E-state index contributed by atoms with van der Waals surface area (Å²) in [5.41, 5.74) is 1.13. The second-order valence-corrected chi connectivity index (χ2v) is 9.56. The van der Waals surface area contributed by atoms with Crippen LogP contribution in [0.4, 0.5) is 0 Å². The minimum absolute atomic E-state index is 0.0491. The lowest BCUT2D eigenvalue weighted by atomic mass is 10.0. The summed E-state index contributed by atoms with van der Waals surface area (Å²) < 4.78 is 27.2. The van der Waals surface area contributed by atoms with E-state index < -0.39 is 10.0 Å². The number of carbonyl (C=O) groups is 1. The van der Waals surface area contributed by atoms with Crippen molar-refractivity contribution in [2.45, 2.75) is 56.5 Å². The van der Waals surface area contributed by atoms with Gasteiger partial charge in [0.1, 0.15) is 0 Å². The van der Waals surface area contributed by atoms with Gasteiger partial charge in [-0.05, 0) is 43.4 Å². The molecular weight excluding hydrogens is 350 g/mol. The molecular formula is C19H29N3O3S. The van der Waals surface area contributed by atoms with Crippen molar-refractivity contribution in [3.05, 3.63) is 29.8 Å². The number of benzene rings is 1. The molecule has 144 valence electrons. The van der Waals surface area contributed by atoms with Gasteiger partial charge in [-0.2, -0.15) is 4.31 Å². The van der Waals surface area contributed by atoms with Crippen LogP contribution in [-0.4, -0.2) is 61.8 Å². The van der Waals surface area contributed by atoms with Crippen molar-refractivity contribution in [2.75, 3.05) is 26.2 Å². The molecule has 1 amide bonds. The number of amides is 1. The summed E-state index contributed by atoms with van der Waals surface area (Å²) >= 11 is 0. The van der Waals surface area contributed by atoms with Crippen LogP contribution in [0, 0.1) is 0 Å². The van der Waals surface area contributed by atoms with Crippen LogP contribution in [0.5, 0.6) is 0 Å². The fourth-order valence-electron chi connectivity index (χ4n) is 3.22. The Morgan fingerprint density at radius 3 is 2.12 bits per heavy atom.